The largest absolute Gasteiger partial charge is 1.00 e. The molecule has 0 amide bonds. The van der Waals surface area contributed by atoms with E-state index in [0.29, 0.717) is 6.42 Å². The topological polar surface area (TPSA) is 46.0 Å². The van der Waals surface area contributed by atoms with E-state index in [4.69, 9.17) is 4.74 Å². The highest BCUT2D eigenvalue weighted by Gasteiger charge is 2.16. The molecule has 0 radical (unpaired) electrons. The van der Waals surface area contributed by atoms with E-state index in [-0.39, 0.29) is 23.0 Å². The van der Waals surface area contributed by atoms with Crippen LogP contribution in [0, 0.1) is 13.8 Å². The lowest BCUT2D eigenvalue weighted by Gasteiger charge is -2.08. The molecule has 0 aliphatic carbocycles. The number of benzene rings is 2. The molecular formula is C23H25BrN2O2. The number of fused-ring (bicyclic) bond motifs is 4. The number of para-hydroxylation sites is 1. The van der Waals surface area contributed by atoms with Crippen LogP contribution in [0.15, 0.2) is 42.7 Å². The summed E-state index contributed by atoms with van der Waals surface area (Å²) in [6.07, 6.45) is 6.67. The number of aromatic amines is 1. The molecule has 146 valence electrons. The van der Waals surface area contributed by atoms with Crippen molar-refractivity contribution >= 4 is 38.5 Å². The molecule has 0 fully saturated rings. The quantitative estimate of drug-likeness (QED) is 0.291. The SMILES string of the molecule is COC(=O)CCCC[n+]1ccc2c(C)c3[nH]c4ccccc4c3c(C)c2c1.[Br-]. The summed E-state index contributed by atoms with van der Waals surface area (Å²) in [5, 5.41) is 5.18. The second kappa shape index (κ2) is 8.31. The number of nitrogens with one attached hydrogen (secondary N) is 1. The van der Waals surface area contributed by atoms with Crippen LogP contribution in [0.2, 0.25) is 0 Å². The Morgan fingerprint density at radius 2 is 1.82 bits per heavy atom. The number of unbranched alkanes of at least 4 members (excludes halogenated alkanes) is 1. The smallest absolute Gasteiger partial charge is 0.305 e. The minimum atomic E-state index is -0.133. The standard InChI is InChI=1S/C23H24N2O2.BrH/c1-15-19-14-25(12-7-6-10-21(26)27-3)13-11-17(19)16(2)23-22(15)18-8-4-5-9-20(18)24-23;/h4-5,8-9,11,13-14H,6-7,10,12H2,1-3H3;1H. The van der Waals surface area contributed by atoms with Gasteiger partial charge >= 0.3 is 5.97 Å². The molecule has 4 nitrogen and oxygen atoms in total. The highest BCUT2D eigenvalue weighted by molar-refractivity contribution is 6.16. The first kappa shape index (κ1) is 20.3. The number of esters is 1. The van der Waals surface area contributed by atoms with Gasteiger partial charge in [-0.1, -0.05) is 18.2 Å². The van der Waals surface area contributed by atoms with Gasteiger partial charge in [-0.3, -0.25) is 4.79 Å². The molecule has 2 aromatic heterocycles. The number of hydrogen-bond donors (Lipinski definition) is 1. The predicted octanol–water partition coefficient (Wildman–Crippen LogP) is 1.73. The highest BCUT2D eigenvalue weighted by Crippen LogP contribution is 2.35. The maximum atomic E-state index is 11.3. The van der Waals surface area contributed by atoms with Crippen molar-refractivity contribution in [1.82, 2.24) is 4.98 Å². The van der Waals surface area contributed by atoms with Gasteiger partial charge in [-0.2, -0.15) is 0 Å². The summed E-state index contributed by atoms with van der Waals surface area (Å²) in [5.41, 5.74) is 5.02. The van der Waals surface area contributed by atoms with Crippen LogP contribution >= 0.6 is 0 Å². The minimum absolute atomic E-state index is 0. The summed E-state index contributed by atoms with van der Waals surface area (Å²) in [4.78, 5) is 14.9. The van der Waals surface area contributed by atoms with Gasteiger partial charge in [0.1, 0.15) is 6.54 Å². The second-order valence-electron chi connectivity index (χ2n) is 7.21. The maximum absolute atomic E-state index is 11.3. The summed E-state index contributed by atoms with van der Waals surface area (Å²) >= 11 is 0. The van der Waals surface area contributed by atoms with E-state index < -0.39 is 0 Å². The van der Waals surface area contributed by atoms with E-state index in [2.05, 4.69) is 66.1 Å². The first-order valence-electron chi connectivity index (χ1n) is 9.49. The third kappa shape index (κ3) is 3.51. The number of aryl methyl sites for hydroxylation is 3. The molecule has 0 aliphatic rings. The van der Waals surface area contributed by atoms with Crippen LogP contribution in [0.4, 0.5) is 0 Å². The lowest BCUT2D eigenvalue weighted by atomic mass is 9.97. The van der Waals surface area contributed by atoms with E-state index >= 15 is 0 Å². The van der Waals surface area contributed by atoms with E-state index in [9.17, 15) is 4.79 Å². The molecule has 4 rings (SSSR count). The zero-order valence-electron chi connectivity index (χ0n) is 16.5. The van der Waals surface area contributed by atoms with Crippen LogP contribution in [0.1, 0.15) is 30.4 Å². The molecule has 0 atom stereocenters. The van der Waals surface area contributed by atoms with Gasteiger partial charge in [0, 0.05) is 40.6 Å². The lowest BCUT2D eigenvalue weighted by molar-refractivity contribution is -0.696. The van der Waals surface area contributed by atoms with Gasteiger partial charge in [0.25, 0.3) is 0 Å². The fourth-order valence-electron chi connectivity index (χ4n) is 4.05. The van der Waals surface area contributed by atoms with Crippen molar-refractivity contribution in [2.75, 3.05) is 7.11 Å². The van der Waals surface area contributed by atoms with Gasteiger partial charge < -0.3 is 26.7 Å². The Labute approximate surface area is 175 Å². The van der Waals surface area contributed by atoms with Crippen molar-refractivity contribution < 1.29 is 31.1 Å². The molecule has 28 heavy (non-hydrogen) atoms. The van der Waals surface area contributed by atoms with Crippen molar-refractivity contribution in [1.29, 1.82) is 0 Å². The number of hydrogen-bond acceptors (Lipinski definition) is 2. The molecule has 2 heterocycles. The van der Waals surface area contributed by atoms with Gasteiger partial charge in [0.05, 0.1) is 12.6 Å². The van der Waals surface area contributed by atoms with Crippen molar-refractivity contribution in [2.24, 2.45) is 0 Å². The Morgan fingerprint density at radius 1 is 1.04 bits per heavy atom. The number of H-pyrrole nitrogens is 1. The average Bonchev–Trinajstić information content (AvgIpc) is 3.09. The number of halogens is 1. The first-order chi connectivity index (χ1) is 13.1. The van der Waals surface area contributed by atoms with Gasteiger partial charge in [0.15, 0.2) is 12.4 Å². The molecule has 4 aromatic rings. The van der Waals surface area contributed by atoms with E-state index in [0.717, 1.165) is 19.4 Å². The Hall–Kier alpha value is -2.40. The number of pyridine rings is 1. The maximum Gasteiger partial charge on any atom is 0.305 e. The fraction of sp³-hybridized carbons (Fsp3) is 0.304. The number of carbonyl (C=O) groups excluding carboxylic acids is 1. The molecule has 0 bridgehead atoms. The van der Waals surface area contributed by atoms with Crippen LogP contribution in [0.25, 0.3) is 32.6 Å². The van der Waals surface area contributed by atoms with Gasteiger partial charge in [0.2, 0.25) is 0 Å². The number of ether oxygens (including phenoxy) is 1. The van der Waals surface area contributed by atoms with Crippen LogP contribution in [0.3, 0.4) is 0 Å². The second-order valence-corrected chi connectivity index (χ2v) is 7.21. The van der Waals surface area contributed by atoms with Gasteiger partial charge in [-0.15, -0.1) is 0 Å². The number of nitrogens with zero attached hydrogens (tertiary/aromatic N) is 1. The van der Waals surface area contributed by atoms with Crippen molar-refractivity contribution in [3.05, 3.63) is 53.9 Å². The van der Waals surface area contributed by atoms with Crippen LogP contribution in [-0.4, -0.2) is 18.1 Å². The Morgan fingerprint density at radius 3 is 2.61 bits per heavy atom. The molecule has 0 saturated carbocycles. The third-order valence-electron chi connectivity index (χ3n) is 5.56. The van der Waals surface area contributed by atoms with Gasteiger partial charge in [-0.25, -0.2) is 4.57 Å². The molecule has 0 unspecified atom stereocenters. The van der Waals surface area contributed by atoms with Crippen LogP contribution in [0.5, 0.6) is 0 Å². The Kier molecular flexibility index (Phi) is 6.04. The van der Waals surface area contributed by atoms with Crippen molar-refractivity contribution in [2.45, 2.75) is 39.7 Å². The number of carbonyl (C=O) groups is 1. The Bertz CT molecular complexity index is 1160. The minimum Gasteiger partial charge on any atom is -1.00 e. The van der Waals surface area contributed by atoms with E-state index in [1.165, 1.54) is 50.8 Å². The summed E-state index contributed by atoms with van der Waals surface area (Å²) in [5.74, 6) is -0.133. The monoisotopic (exact) mass is 440 g/mol. The third-order valence-corrected chi connectivity index (χ3v) is 5.56. The summed E-state index contributed by atoms with van der Waals surface area (Å²) < 4.78 is 6.94. The number of aromatic nitrogens is 2. The zero-order chi connectivity index (χ0) is 19.0. The molecule has 0 spiro atoms. The Balaban J connectivity index is 0.00000225. The lowest BCUT2D eigenvalue weighted by Crippen LogP contribution is -3.00. The molecule has 0 saturated heterocycles. The fourth-order valence-corrected chi connectivity index (χ4v) is 4.05. The number of rotatable bonds is 5. The van der Waals surface area contributed by atoms with Crippen LogP contribution < -0.4 is 21.5 Å². The first-order valence-corrected chi connectivity index (χ1v) is 9.49. The predicted molar refractivity (Wildman–Crippen MR) is 109 cm³/mol. The molecule has 5 heteroatoms. The average molecular weight is 441 g/mol. The van der Waals surface area contributed by atoms with Crippen molar-refractivity contribution in [3.63, 3.8) is 0 Å². The summed E-state index contributed by atoms with van der Waals surface area (Å²) in [6, 6.07) is 10.7. The molecular weight excluding hydrogens is 416 g/mol. The normalized spacial score (nSPS) is 11.1. The van der Waals surface area contributed by atoms with Gasteiger partial charge in [-0.05, 0) is 42.8 Å². The van der Waals surface area contributed by atoms with E-state index in [1.807, 2.05) is 0 Å². The highest BCUT2D eigenvalue weighted by atomic mass is 79.9. The number of methoxy groups -OCH3 is 1. The molecule has 2 aromatic carbocycles. The molecule has 1 N–H and O–H groups in total. The summed E-state index contributed by atoms with van der Waals surface area (Å²) in [7, 11) is 1.44. The summed E-state index contributed by atoms with van der Waals surface area (Å²) in [6.45, 7) is 5.31. The van der Waals surface area contributed by atoms with E-state index in [1.54, 1.807) is 0 Å². The van der Waals surface area contributed by atoms with Crippen LogP contribution in [-0.2, 0) is 16.1 Å². The zero-order valence-corrected chi connectivity index (χ0v) is 18.1. The molecule has 0 aliphatic heterocycles. The van der Waals surface area contributed by atoms with Crippen molar-refractivity contribution in [3.8, 4) is 0 Å².